The van der Waals surface area contributed by atoms with Crippen molar-refractivity contribution in [3.63, 3.8) is 0 Å². The molecule has 1 aliphatic rings. The molecule has 0 fully saturated rings. The second-order valence-corrected chi connectivity index (χ2v) is 9.04. The maximum Gasteiger partial charge on any atom is 0.134 e. The van der Waals surface area contributed by atoms with Gasteiger partial charge in [0.05, 0.1) is 11.0 Å². The number of rotatable bonds is 3. The molecule has 2 nitrogen and oxygen atoms in total. The number of hydrogen-bond acceptors (Lipinski definition) is 1. The van der Waals surface area contributed by atoms with Crippen molar-refractivity contribution in [2.24, 2.45) is 0 Å². The van der Waals surface area contributed by atoms with Crippen molar-refractivity contribution >= 4 is 33.0 Å². The summed E-state index contributed by atoms with van der Waals surface area (Å²) in [6.07, 6.45) is 4.03. The van der Waals surface area contributed by atoms with E-state index in [2.05, 4.69) is 116 Å². The maximum atomic E-state index is 6.32. The highest BCUT2D eigenvalue weighted by atomic mass is 16.5. The van der Waals surface area contributed by atoms with Crippen molar-refractivity contribution in [3.8, 4) is 22.6 Å². The van der Waals surface area contributed by atoms with Crippen LogP contribution in [0.2, 0.25) is 0 Å². The first-order valence-corrected chi connectivity index (χ1v) is 12.0. The van der Waals surface area contributed by atoms with Crippen molar-refractivity contribution in [2.45, 2.75) is 20.8 Å². The number of hydrogen-bond donors (Lipinski definition) is 0. The standard InChI is InChI=1S/C33H27NO/c1-5-23(6-2)24-15-17-32-29(19-24)28-13-9-10-14-31(28)34(32)25-16-18-33-30(20-25)27-12-8-7-11-26(27)21(3)22(4)35-33/h5-20H,1H2,2-4H3. The summed E-state index contributed by atoms with van der Waals surface area (Å²) in [6, 6.07) is 30.4. The summed E-state index contributed by atoms with van der Waals surface area (Å²) in [4.78, 5) is 0. The average Bonchev–Trinajstić information content (AvgIpc) is 3.18. The molecule has 0 bridgehead atoms. The lowest BCUT2D eigenvalue weighted by Gasteiger charge is -2.14. The van der Waals surface area contributed by atoms with E-state index in [-0.39, 0.29) is 0 Å². The Hall–Kier alpha value is -4.30. The lowest BCUT2D eigenvalue weighted by atomic mass is 9.95. The predicted molar refractivity (Wildman–Crippen MR) is 149 cm³/mol. The van der Waals surface area contributed by atoms with Gasteiger partial charge in [-0.3, -0.25) is 0 Å². The Morgan fingerprint density at radius 1 is 0.771 bits per heavy atom. The molecule has 170 valence electrons. The fraction of sp³-hybridized carbons (Fsp3) is 0.0909. The summed E-state index contributed by atoms with van der Waals surface area (Å²) in [7, 11) is 0. The molecule has 0 atom stereocenters. The van der Waals surface area contributed by atoms with Crippen LogP contribution in [0.1, 0.15) is 31.9 Å². The lowest BCUT2D eigenvalue weighted by Crippen LogP contribution is -1.97. The quantitative estimate of drug-likeness (QED) is 0.248. The normalized spacial score (nSPS) is 13.4. The monoisotopic (exact) mass is 453 g/mol. The van der Waals surface area contributed by atoms with Gasteiger partial charge in [0.25, 0.3) is 0 Å². The van der Waals surface area contributed by atoms with Crippen molar-refractivity contribution in [1.82, 2.24) is 4.57 Å². The molecule has 0 aliphatic carbocycles. The minimum atomic E-state index is 0.891. The third-order valence-corrected chi connectivity index (χ3v) is 7.17. The highest BCUT2D eigenvalue weighted by Crippen LogP contribution is 2.42. The second-order valence-electron chi connectivity index (χ2n) is 9.04. The number of ether oxygens (including phenoxy) is 1. The third-order valence-electron chi connectivity index (χ3n) is 7.17. The molecule has 4 aromatic carbocycles. The third kappa shape index (κ3) is 3.25. The largest absolute Gasteiger partial charge is 0.461 e. The van der Waals surface area contributed by atoms with E-state index in [0.29, 0.717) is 0 Å². The lowest BCUT2D eigenvalue weighted by molar-refractivity contribution is 0.433. The Balaban J connectivity index is 1.63. The van der Waals surface area contributed by atoms with Crippen LogP contribution in [-0.4, -0.2) is 4.57 Å². The summed E-state index contributed by atoms with van der Waals surface area (Å²) in [5, 5.41) is 2.48. The van der Waals surface area contributed by atoms with Gasteiger partial charge in [-0.2, -0.15) is 0 Å². The van der Waals surface area contributed by atoms with Gasteiger partial charge in [0, 0.05) is 22.0 Å². The van der Waals surface area contributed by atoms with Crippen LogP contribution < -0.4 is 4.74 Å². The van der Waals surface area contributed by atoms with Gasteiger partial charge in [0.1, 0.15) is 11.5 Å². The summed E-state index contributed by atoms with van der Waals surface area (Å²) >= 11 is 0. The van der Waals surface area contributed by atoms with Gasteiger partial charge in [0.15, 0.2) is 0 Å². The van der Waals surface area contributed by atoms with Crippen LogP contribution in [0.15, 0.2) is 109 Å². The Morgan fingerprint density at radius 3 is 2.31 bits per heavy atom. The number of nitrogens with zero attached hydrogens (tertiary/aromatic N) is 1. The zero-order valence-corrected chi connectivity index (χ0v) is 20.3. The fourth-order valence-electron chi connectivity index (χ4n) is 5.27. The molecule has 5 aromatic rings. The molecule has 0 saturated heterocycles. The molecule has 6 rings (SSSR count). The van der Waals surface area contributed by atoms with Crippen molar-refractivity contribution in [2.75, 3.05) is 0 Å². The Kier molecular flexibility index (Phi) is 4.96. The molecule has 0 spiro atoms. The Morgan fingerprint density at radius 2 is 1.51 bits per heavy atom. The molecule has 2 heteroatoms. The first-order valence-electron chi connectivity index (χ1n) is 12.0. The number of aromatic nitrogens is 1. The van der Waals surface area contributed by atoms with E-state index in [0.717, 1.165) is 28.3 Å². The summed E-state index contributed by atoms with van der Waals surface area (Å²) in [5.74, 6) is 1.83. The molecular formula is C33H27NO. The summed E-state index contributed by atoms with van der Waals surface area (Å²) in [5.41, 5.74) is 10.5. The van der Waals surface area contributed by atoms with Crippen molar-refractivity contribution in [1.29, 1.82) is 0 Å². The zero-order chi connectivity index (χ0) is 24.1. The van der Waals surface area contributed by atoms with E-state index >= 15 is 0 Å². The summed E-state index contributed by atoms with van der Waals surface area (Å²) in [6.45, 7) is 10.2. The van der Waals surface area contributed by atoms with Crippen molar-refractivity contribution < 1.29 is 4.74 Å². The van der Waals surface area contributed by atoms with Crippen LogP contribution in [0.3, 0.4) is 0 Å². The van der Waals surface area contributed by atoms with E-state index in [1.54, 1.807) is 0 Å². The van der Waals surface area contributed by atoms with Gasteiger partial charge in [-0.05, 0) is 85.0 Å². The van der Waals surface area contributed by atoms with E-state index in [4.69, 9.17) is 4.74 Å². The van der Waals surface area contributed by atoms with Crippen LogP contribution in [-0.2, 0) is 0 Å². The van der Waals surface area contributed by atoms with E-state index in [1.807, 2.05) is 13.0 Å². The van der Waals surface area contributed by atoms with Crippen LogP contribution in [0.5, 0.6) is 5.75 Å². The van der Waals surface area contributed by atoms with Gasteiger partial charge in [-0.25, -0.2) is 0 Å². The molecule has 0 unspecified atom stereocenters. The van der Waals surface area contributed by atoms with Crippen LogP contribution >= 0.6 is 0 Å². The van der Waals surface area contributed by atoms with Crippen LogP contribution in [0, 0.1) is 0 Å². The first kappa shape index (κ1) is 21.2. The molecule has 0 radical (unpaired) electrons. The van der Waals surface area contributed by atoms with E-state index in [1.165, 1.54) is 44.1 Å². The van der Waals surface area contributed by atoms with Crippen molar-refractivity contribution in [3.05, 3.63) is 121 Å². The number of fused-ring (bicyclic) bond motifs is 6. The minimum absolute atomic E-state index is 0.891. The smallest absolute Gasteiger partial charge is 0.134 e. The van der Waals surface area contributed by atoms with E-state index in [9.17, 15) is 0 Å². The Bertz CT molecular complexity index is 1710. The predicted octanol–water partition coefficient (Wildman–Crippen LogP) is 9.18. The average molecular weight is 454 g/mol. The SMILES string of the molecule is C=CC(=CC)c1ccc2c(c1)c1ccccc1n2-c1ccc2c(c1)-c1ccccc1C(C)=C(C)O2. The van der Waals surface area contributed by atoms with Gasteiger partial charge in [-0.1, -0.05) is 67.3 Å². The Labute approximate surface area is 206 Å². The van der Waals surface area contributed by atoms with Crippen LogP contribution in [0.25, 0.3) is 49.8 Å². The zero-order valence-electron chi connectivity index (χ0n) is 20.3. The van der Waals surface area contributed by atoms with Gasteiger partial charge < -0.3 is 9.30 Å². The summed E-state index contributed by atoms with van der Waals surface area (Å²) < 4.78 is 8.68. The minimum Gasteiger partial charge on any atom is -0.461 e. The molecule has 0 saturated carbocycles. The van der Waals surface area contributed by atoms with Gasteiger partial charge >= 0.3 is 0 Å². The van der Waals surface area contributed by atoms with Gasteiger partial charge in [0.2, 0.25) is 0 Å². The molecule has 1 aliphatic heterocycles. The first-order chi connectivity index (χ1) is 17.1. The molecule has 0 amide bonds. The molecule has 2 heterocycles. The van der Waals surface area contributed by atoms with E-state index < -0.39 is 0 Å². The van der Waals surface area contributed by atoms with Gasteiger partial charge in [-0.15, -0.1) is 0 Å². The number of benzene rings is 4. The fourth-order valence-corrected chi connectivity index (χ4v) is 5.27. The molecule has 35 heavy (non-hydrogen) atoms. The molecular weight excluding hydrogens is 426 g/mol. The second kappa shape index (κ2) is 8.18. The highest BCUT2D eigenvalue weighted by Gasteiger charge is 2.20. The maximum absolute atomic E-state index is 6.32. The molecule has 1 aromatic heterocycles. The number of para-hydroxylation sites is 1. The molecule has 0 N–H and O–H groups in total. The van der Waals surface area contributed by atoms with Crippen LogP contribution in [0.4, 0.5) is 0 Å². The highest BCUT2D eigenvalue weighted by molar-refractivity contribution is 6.10. The topological polar surface area (TPSA) is 14.2 Å². The number of allylic oxidation sites excluding steroid dienone is 5.